The SMILES string of the molecule is CC1COCCN1C(=O)CC1CSCCN1. The molecular formula is C11H20N2O2S. The van der Waals surface area contributed by atoms with Gasteiger partial charge in [0.1, 0.15) is 0 Å². The van der Waals surface area contributed by atoms with Crippen molar-refractivity contribution in [3.05, 3.63) is 0 Å². The van der Waals surface area contributed by atoms with Crippen molar-refractivity contribution in [2.45, 2.75) is 25.4 Å². The summed E-state index contributed by atoms with van der Waals surface area (Å²) >= 11 is 1.93. The Morgan fingerprint density at radius 1 is 1.62 bits per heavy atom. The number of carbonyl (C=O) groups excluding carboxylic acids is 1. The number of carbonyl (C=O) groups is 1. The Hall–Kier alpha value is -0.260. The van der Waals surface area contributed by atoms with Crippen LogP contribution in [0, 0.1) is 0 Å². The van der Waals surface area contributed by atoms with Crippen LogP contribution in [0.4, 0.5) is 0 Å². The van der Waals surface area contributed by atoms with Gasteiger partial charge >= 0.3 is 0 Å². The molecule has 1 N–H and O–H groups in total. The normalized spacial score (nSPS) is 31.4. The molecule has 2 aliphatic rings. The van der Waals surface area contributed by atoms with Crippen molar-refractivity contribution in [2.75, 3.05) is 37.8 Å². The second-order valence-electron chi connectivity index (χ2n) is 4.44. The van der Waals surface area contributed by atoms with Crippen LogP contribution in [0.5, 0.6) is 0 Å². The van der Waals surface area contributed by atoms with Gasteiger partial charge in [-0.2, -0.15) is 11.8 Å². The van der Waals surface area contributed by atoms with E-state index in [-0.39, 0.29) is 11.9 Å². The zero-order chi connectivity index (χ0) is 11.4. The number of nitrogens with one attached hydrogen (secondary N) is 1. The highest BCUT2D eigenvalue weighted by molar-refractivity contribution is 7.99. The van der Waals surface area contributed by atoms with E-state index in [4.69, 9.17) is 4.74 Å². The predicted octanol–water partition coefficient (Wildman–Crippen LogP) is 0.329. The van der Waals surface area contributed by atoms with Crippen LogP contribution in [0.2, 0.25) is 0 Å². The average molecular weight is 244 g/mol. The molecule has 2 rings (SSSR count). The van der Waals surface area contributed by atoms with E-state index in [1.54, 1.807) is 0 Å². The molecule has 0 saturated carbocycles. The average Bonchev–Trinajstić information content (AvgIpc) is 2.31. The fraction of sp³-hybridized carbons (Fsp3) is 0.909. The van der Waals surface area contributed by atoms with Crippen LogP contribution >= 0.6 is 11.8 Å². The standard InChI is InChI=1S/C11H20N2O2S/c1-9-7-15-4-3-13(9)11(14)6-10-8-16-5-2-12-10/h9-10,12H,2-8H2,1H3. The van der Waals surface area contributed by atoms with Gasteiger partial charge in [0.25, 0.3) is 0 Å². The molecule has 0 radical (unpaired) electrons. The second kappa shape index (κ2) is 5.89. The molecular weight excluding hydrogens is 224 g/mol. The summed E-state index contributed by atoms with van der Waals surface area (Å²) in [5.41, 5.74) is 0. The van der Waals surface area contributed by atoms with Gasteiger partial charge in [0.05, 0.1) is 19.3 Å². The van der Waals surface area contributed by atoms with Crippen molar-refractivity contribution in [3.8, 4) is 0 Å². The molecule has 4 nitrogen and oxygen atoms in total. The van der Waals surface area contributed by atoms with E-state index in [2.05, 4.69) is 12.2 Å². The molecule has 0 aromatic heterocycles. The lowest BCUT2D eigenvalue weighted by Gasteiger charge is -2.34. The third kappa shape index (κ3) is 3.12. The van der Waals surface area contributed by atoms with Crippen molar-refractivity contribution >= 4 is 17.7 Å². The maximum Gasteiger partial charge on any atom is 0.224 e. The molecule has 5 heteroatoms. The third-order valence-electron chi connectivity index (χ3n) is 3.11. The first-order valence-corrected chi connectivity index (χ1v) is 7.11. The summed E-state index contributed by atoms with van der Waals surface area (Å²) in [6, 6.07) is 0.596. The van der Waals surface area contributed by atoms with Crippen molar-refractivity contribution in [2.24, 2.45) is 0 Å². The van der Waals surface area contributed by atoms with Crippen molar-refractivity contribution in [1.29, 1.82) is 0 Å². The number of hydrogen-bond acceptors (Lipinski definition) is 4. The lowest BCUT2D eigenvalue weighted by Crippen LogP contribution is -2.50. The van der Waals surface area contributed by atoms with Crippen LogP contribution in [0.1, 0.15) is 13.3 Å². The number of amides is 1. The van der Waals surface area contributed by atoms with Crippen LogP contribution in [0.15, 0.2) is 0 Å². The molecule has 0 aliphatic carbocycles. The Morgan fingerprint density at radius 3 is 3.19 bits per heavy atom. The summed E-state index contributed by atoms with van der Waals surface area (Å²) in [7, 11) is 0. The van der Waals surface area contributed by atoms with E-state index in [0.717, 1.165) is 18.8 Å². The first-order chi connectivity index (χ1) is 7.77. The van der Waals surface area contributed by atoms with Gasteiger partial charge in [0, 0.05) is 37.1 Å². The Bertz CT molecular complexity index is 244. The van der Waals surface area contributed by atoms with Gasteiger partial charge in [-0.05, 0) is 6.92 Å². The van der Waals surface area contributed by atoms with Crippen LogP contribution in [-0.2, 0) is 9.53 Å². The number of rotatable bonds is 2. The maximum absolute atomic E-state index is 12.1. The highest BCUT2D eigenvalue weighted by Crippen LogP contribution is 2.14. The van der Waals surface area contributed by atoms with Crippen LogP contribution in [0.3, 0.4) is 0 Å². The molecule has 0 aromatic rings. The minimum absolute atomic E-state index is 0.234. The van der Waals surface area contributed by atoms with E-state index in [0.29, 0.717) is 25.7 Å². The third-order valence-corrected chi connectivity index (χ3v) is 4.24. The Morgan fingerprint density at radius 2 is 2.50 bits per heavy atom. The van der Waals surface area contributed by atoms with E-state index >= 15 is 0 Å². The summed E-state index contributed by atoms with van der Waals surface area (Å²) in [4.78, 5) is 14.1. The molecule has 0 bridgehead atoms. The van der Waals surface area contributed by atoms with Crippen LogP contribution < -0.4 is 5.32 Å². The molecule has 2 aliphatic heterocycles. The Balaban J connectivity index is 1.81. The zero-order valence-corrected chi connectivity index (χ0v) is 10.6. The fourth-order valence-electron chi connectivity index (χ4n) is 2.18. The molecule has 2 saturated heterocycles. The van der Waals surface area contributed by atoms with E-state index in [1.165, 1.54) is 5.75 Å². The lowest BCUT2D eigenvalue weighted by atomic mass is 10.1. The topological polar surface area (TPSA) is 41.6 Å². The molecule has 0 aromatic carbocycles. The van der Waals surface area contributed by atoms with Gasteiger partial charge in [-0.3, -0.25) is 4.79 Å². The monoisotopic (exact) mass is 244 g/mol. The molecule has 1 amide bonds. The largest absolute Gasteiger partial charge is 0.377 e. The van der Waals surface area contributed by atoms with Gasteiger partial charge in [0.15, 0.2) is 0 Å². The molecule has 2 atom stereocenters. The van der Waals surface area contributed by atoms with Crippen LogP contribution in [-0.4, -0.2) is 60.7 Å². The molecule has 2 heterocycles. The van der Waals surface area contributed by atoms with Gasteiger partial charge in [-0.15, -0.1) is 0 Å². The van der Waals surface area contributed by atoms with Crippen molar-refractivity contribution in [3.63, 3.8) is 0 Å². The minimum atomic E-state index is 0.234. The fourth-order valence-corrected chi connectivity index (χ4v) is 3.13. The Labute approximate surface area is 101 Å². The van der Waals surface area contributed by atoms with Crippen molar-refractivity contribution < 1.29 is 9.53 Å². The highest BCUT2D eigenvalue weighted by Gasteiger charge is 2.26. The van der Waals surface area contributed by atoms with E-state index in [9.17, 15) is 4.79 Å². The lowest BCUT2D eigenvalue weighted by molar-refractivity contribution is -0.139. The quantitative estimate of drug-likeness (QED) is 0.760. The smallest absolute Gasteiger partial charge is 0.224 e. The summed E-state index contributed by atoms with van der Waals surface area (Å²) in [5, 5.41) is 3.40. The first kappa shape index (κ1) is 12.2. The summed E-state index contributed by atoms with van der Waals surface area (Å²) in [6.45, 7) is 5.20. The van der Waals surface area contributed by atoms with E-state index in [1.807, 2.05) is 16.7 Å². The maximum atomic E-state index is 12.1. The second-order valence-corrected chi connectivity index (χ2v) is 5.59. The number of nitrogens with zero attached hydrogens (tertiary/aromatic N) is 1. The van der Waals surface area contributed by atoms with Gasteiger partial charge in [-0.25, -0.2) is 0 Å². The molecule has 16 heavy (non-hydrogen) atoms. The molecule has 2 unspecified atom stereocenters. The molecule has 2 fully saturated rings. The van der Waals surface area contributed by atoms with Crippen LogP contribution in [0.25, 0.3) is 0 Å². The van der Waals surface area contributed by atoms with Gasteiger partial charge in [-0.1, -0.05) is 0 Å². The van der Waals surface area contributed by atoms with E-state index < -0.39 is 0 Å². The summed E-state index contributed by atoms with van der Waals surface area (Å²) in [5.74, 6) is 2.50. The van der Waals surface area contributed by atoms with Gasteiger partial charge in [0.2, 0.25) is 5.91 Å². The molecule has 92 valence electrons. The number of morpholine rings is 1. The number of hydrogen-bond donors (Lipinski definition) is 1. The number of ether oxygens (including phenoxy) is 1. The highest BCUT2D eigenvalue weighted by atomic mass is 32.2. The zero-order valence-electron chi connectivity index (χ0n) is 9.78. The summed E-state index contributed by atoms with van der Waals surface area (Å²) in [6.07, 6.45) is 0.636. The molecule has 0 spiro atoms. The minimum Gasteiger partial charge on any atom is -0.377 e. The Kier molecular flexibility index (Phi) is 4.49. The number of thioether (sulfide) groups is 1. The first-order valence-electron chi connectivity index (χ1n) is 5.95. The summed E-state index contributed by atoms with van der Waals surface area (Å²) < 4.78 is 5.34. The van der Waals surface area contributed by atoms with Gasteiger partial charge < -0.3 is 15.0 Å². The van der Waals surface area contributed by atoms with Crippen molar-refractivity contribution in [1.82, 2.24) is 10.2 Å². The predicted molar refractivity (Wildman–Crippen MR) is 65.7 cm³/mol.